The molecule has 1 atom stereocenters. The van der Waals surface area contributed by atoms with Crippen molar-refractivity contribution in [1.82, 2.24) is 0 Å². The first-order chi connectivity index (χ1) is 7.77. The van der Waals surface area contributed by atoms with Crippen LogP contribution in [0.5, 0.6) is 0 Å². The highest BCUT2D eigenvalue weighted by Crippen LogP contribution is 2.14. The number of thiophene rings is 1. The molecule has 1 unspecified atom stereocenters. The minimum Gasteiger partial charge on any atom is -0.388 e. The fourth-order valence-corrected chi connectivity index (χ4v) is 2.20. The van der Waals surface area contributed by atoms with Gasteiger partial charge >= 0.3 is 0 Å². The van der Waals surface area contributed by atoms with E-state index in [-0.39, 0.29) is 0 Å². The van der Waals surface area contributed by atoms with Gasteiger partial charge < -0.3 is 14.6 Å². The summed E-state index contributed by atoms with van der Waals surface area (Å²) in [5.74, 6) is 0. The standard InChI is InChI=1S/C12H20O3S/c1-3-14-12(15-4-2)11(13)8-7-10-6-5-9-16-10/h5-6,9,11-13H,3-4,7-8H2,1-2H3. The van der Waals surface area contributed by atoms with E-state index in [4.69, 9.17) is 9.47 Å². The monoisotopic (exact) mass is 244 g/mol. The van der Waals surface area contributed by atoms with Crippen LogP contribution in [0.15, 0.2) is 17.5 Å². The highest BCUT2D eigenvalue weighted by molar-refractivity contribution is 7.09. The molecule has 3 nitrogen and oxygen atoms in total. The van der Waals surface area contributed by atoms with Crippen LogP contribution in [0.1, 0.15) is 25.1 Å². The zero-order valence-corrected chi connectivity index (χ0v) is 10.7. The van der Waals surface area contributed by atoms with Crippen molar-refractivity contribution in [2.24, 2.45) is 0 Å². The van der Waals surface area contributed by atoms with E-state index < -0.39 is 12.4 Å². The zero-order chi connectivity index (χ0) is 11.8. The van der Waals surface area contributed by atoms with Crippen molar-refractivity contribution >= 4 is 11.3 Å². The van der Waals surface area contributed by atoms with Crippen LogP contribution in [0.25, 0.3) is 0 Å². The van der Waals surface area contributed by atoms with Gasteiger partial charge in [-0.25, -0.2) is 0 Å². The Morgan fingerprint density at radius 1 is 1.31 bits per heavy atom. The van der Waals surface area contributed by atoms with Crippen LogP contribution in [0, 0.1) is 0 Å². The van der Waals surface area contributed by atoms with Crippen LogP contribution >= 0.6 is 11.3 Å². The summed E-state index contributed by atoms with van der Waals surface area (Å²) in [5, 5.41) is 12.0. The third-order valence-corrected chi connectivity index (χ3v) is 3.18. The molecule has 1 heterocycles. The number of aliphatic hydroxyl groups is 1. The van der Waals surface area contributed by atoms with E-state index in [1.807, 2.05) is 25.3 Å². The molecule has 0 aliphatic heterocycles. The van der Waals surface area contributed by atoms with Crippen molar-refractivity contribution < 1.29 is 14.6 Å². The summed E-state index contributed by atoms with van der Waals surface area (Å²) in [5.41, 5.74) is 0. The molecule has 0 fully saturated rings. The quantitative estimate of drug-likeness (QED) is 0.714. The second-order valence-electron chi connectivity index (χ2n) is 3.46. The van der Waals surface area contributed by atoms with Crippen LogP contribution in [-0.2, 0) is 15.9 Å². The van der Waals surface area contributed by atoms with Crippen LogP contribution < -0.4 is 0 Å². The van der Waals surface area contributed by atoms with E-state index >= 15 is 0 Å². The third-order valence-electron chi connectivity index (χ3n) is 2.24. The van der Waals surface area contributed by atoms with Crippen molar-refractivity contribution in [3.8, 4) is 0 Å². The molecular formula is C12H20O3S. The van der Waals surface area contributed by atoms with Gasteiger partial charge in [0.15, 0.2) is 6.29 Å². The smallest absolute Gasteiger partial charge is 0.183 e. The first-order valence-corrected chi connectivity index (χ1v) is 6.59. The zero-order valence-electron chi connectivity index (χ0n) is 9.89. The predicted octanol–water partition coefficient (Wildman–Crippen LogP) is 2.44. The first-order valence-electron chi connectivity index (χ1n) is 5.71. The maximum atomic E-state index is 9.92. The summed E-state index contributed by atoms with van der Waals surface area (Å²) in [6.45, 7) is 4.91. The lowest BCUT2D eigenvalue weighted by atomic mass is 10.1. The average molecular weight is 244 g/mol. The molecule has 0 saturated carbocycles. The molecule has 4 heteroatoms. The van der Waals surface area contributed by atoms with E-state index in [0.717, 1.165) is 6.42 Å². The van der Waals surface area contributed by atoms with Gasteiger partial charge in [0.1, 0.15) is 6.10 Å². The van der Waals surface area contributed by atoms with Crippen molar-refractivity contribution in [2.45, 2.75) is 39.1 Å². The number of rotatable bonds is 8. The lowest BCUT2D eigenvalue weighted by molar-refractivity contribution is -0.190. The van der Waals surface area contributed by atoms with Crippen molar-refractivity contribution in [3.05, 3.63) is 22.4 Å². The van der Waals surface area contributed by atoms with E-state index in [2.05, 4.69) is 6.07 Å². The lowest BCUT2D eigenvalue weighted by Gasteiger charge is -2.22. The van der Waals surface area contributed by atoms with Crippen LogP contribution in [0.3, 0.4) is 0 Å². The molecule has 1 rings (SSSR count). The Hall–Kier alpha value is -0.420. The minimum atomic E-state index is -0.554. The van der Waals surface area contributed by atoms with E-state index in [9.17, 15) is 5.11 Å². The number of aryl methyl sites for hydroxylation is 1. The maximum absolute atomic E-state index is 9.92. The Morgan fingerprint density at radius 2 is 2.00 bits per heavy atom. The van der Waals surface area contributed by atoms with Crippen molar-refractivity contribution in [2.75, 3.05) is 13.2 Å². The summed E-state index contributed by atoms with van der Waals surface area (Å²) in [6, 6.07) is 4.10. The lowest BCUT2D eigenvalue weighted by Crippen LogP contribution is -2.32. The molecule has 0 radical (unpaired) electrons. The normalized spacial score (nSPS) is 13.2. The number of hydrogen-bond acceptors (Lipinski definition) is 4. The van der Waals surface area contributed by atoms with Gasteiger partial charge in [-0.1, -0.05) is 6.07 Å². The van der Waals surface area contributed by atoms with Gasteiger partial charge in [0, 0.05) is 18.1 Å². The van der Waals surface area contributed by atoms with Gasteiger partial charge in [-0.05, 0) is 38.1 Å². The highest BCUT2D eigenvalue weighted by Gasteiger charge is 2.19. The first kappa shape index (κ1) is 13.6. The summed E-state index contributed by atoms with van der Waals surface area (Å²) in [6.07, 6.45) is 0.498. The van der Waals surface area contributed by atoms with Crippen LogP contribution in [-0.4, -0.2) is 30.7 Å². The fourth-order valence-electron chi connectivity index (χ4n) is 1.48. The summed E-state index contributed by atoms with van der Waals surface area (Å²) in [4.78, 5) is 1.28. The number of hydrogen-bond donors (Lipinski definition) is 1. The fraction of sp³-hybridized carbons (Fsp3) is 0.667. The van der Waals surface area contributed by atoms with Crippen LogP contribution in [0.4, 0.5) is 0 Å². The molecule has 0 spiro atoms. The molecule has 0 saturated heterocycles. The molecule has 0 amide bonds. The summed E-state index contributed by atoms with van der Waals surface area (Å²) < 4.78 is 10.7. The van der Waals surface area contributed by atoms with E-state index in [0.29, 0.717) is 19.6 Å². The third kappa shape index (κ3) is 4.61. The molecule has 92 valence electrons. The Balaban J connectivity index is 2.33. The van der Waals surface area contributed by atoms with Gasteiger partial charge in [0.2, 0.25) is 0 Å². The molecule has 0 aliphatic carbocycles. The highest BCUT2D eigenvalue weighted by atomic mass is 32.1. The largest absolute Gasteiger partial charge is 0.388 e. The topological polar surface area (TPSA) is 38.7 Å². The molecular weight excluding hydrogens is 224 g/mol. The molecule has 1 N–H and O–H groups in total. The Morgan fingerprint density at radius 3 is 2.50 bits per heavy atom. The van der Waals surface area contributed by atoms with Crippen LogP contribution in [0.2, 0.25) is 0 Å². The SMILES string of the molecule is CCOC(OCC)C(O)CCc1cccs1. The van der Waals surface area contributed by atoms with Gasteiger partial charge in [-0.3, -0.25) is 0 Å². The molecule has 0 aromatic carbocycles. The van der Waals surface area contributed by atoms with Crippen molar-refractivity contribution in [3.63, 3.8) is 0 Å². The summed E-state index contributed by atoms with van der Waals surface area (Å²) >= 11 is 1.71. The maximum Gasteiger partial charge on any atom is 0.183 e. The Labute approximate surface area is 101 Å². The molecule has 16 heavy (non-hydrogen) atoms. The molecule has 1 aromatic rings. The predicted molar refractivity (Wildman–Crippen MR) is 65.7 cm³/mol. The average Bonchev–Trinajstić information content (AvgIpc) is 2.78. The molecule has 0 aliphatic rings. The summed E-state index contributed by atoms with van der Waals surface area (Å²) in [7, 11) is 0. The second-order valence-corrected chi connectivity index (χ2v) is 4.50. The van der Waals surface area contributed by atoms with Gasteiger partial charge in [-0.15, -0.1) is 11.3 Å². The van der Waals surface area contributed by atoms with Gasteiger partial charge in [0.05, 0.1) is 0 Å². The minimum absolute atomic E-state index is 0.491. The van der Waals surface area contributed by atoms with Gasteiger partial charge in [-0.2, -0.15) is 0 Å². The van der Waals surface area contributed by atoms with E-state index in [1.165, 1.54) is 4.88 Å². The number of aliphatic hydroxyl groups excluding tert-OH is 1. The Kier molecular flexibility index (Phi) is 6.64. The Bertz CT molecular complexity index is 255. The molecule has 1 aromatic heterocycles. The number of ether oxygens (including phenoxy) is 2. The van der Waals surface area contributed by atoms with Crippen molar-refractivity contribution in [1.29, 1.82) is 0 Å². The van der Waals surface area contributed by atoms with E-state index in [1.54, 1.807) is 11.3 Å². The second kappa shape index (κ2) is 7.79. The molecule has 0 bridgehead atoms. The van der Waals surface area contributed by atoms with Gasteiger partial charge in [0.25, 0.3) is 0 Å².